The number of halogens is 1. The van der Waals surface area contributed by atoms with Crippen LogP contribution in [0.25, 0.3) is 0 Å². The fourth-order valence-electron chi connectivity index (χ4n) is 2.24. The molecule has 6 nitrogen and oxygen atoms in total. The lowest BCUT2D eigenvalue weighted by atomic mass is 10.2. The highest BCUT2D eigenvalue weighted by Gasteiger charge is 2.31. The van der Waals surface area contributed by atoms with Crippen LogP contribution in [0.1, 0.15) is 13.8 Å². The van der Waals surface area contributed by atoms with Gasteiger partial charge < -0.3 is 10.2 Å². The number of hydrogen-bond acceptors (Lipinski definition) is 5. The number of sulfonamides is 1. The van der Waals surface area contributed by atoms with E-state index in [0.717, 1.165) is 6.54 Å². The van der Waals surface area contributed by atoms with Crippen molar-refractivity contribution in [3.05, 3.63) is 17.3 Å². The van der Waals surface area contributed by atoms with Crippen molar-refractivity contribution in [1.29, 1.82) is 0 Å². The average Bonchev–Trinajstić information content (AvgIpc) is 2.44. The Kier molecular flexibility index (Phi) is 5.08. The fraction of sp³-hybridized carbons (Fsp3) is 0.615. The molecule has 1 aliphatic heterocycles. The van der Waals surface area contributed by atoms with Crippen LogP contribution in [0.2, 0.25) is 5.02 Å². The van der Waals surface area contributed by atoms with Crippen LogP contribution in [-0.4, -0.2) is 61.9 Å². The molecular weight excluding hydrogens is 312 g/mol. The van der Waals surface area contributed by atoms with Crippen LogP contribution in [0.4, 0.5) is 5.82 Å². The van der Waals surface area contributed by atoms with Gasteiger partial charge in [0.2, 0.25) is 10.0 Å². The summed E-state index contributed by atoms with van der Waals surface area (Å²) in [6, 6.07) is 1.66. The number of hydrogen-bond donors (Lipinski definition) is 1. The van der Waals surface area contributed by atoms with Gasteiger partial charge in [-0.15, -0.1) is 0 Å². The third-order valence-electron chi connectivity index (χ3n) is 3.72. The summed E-state index contributed by atoms with van der Waals surface area (Å²) in [5, 5.41) is 3.31. The molecule has 0 radical (unpaired) electrons. The molecule has 0 bridgehead atoms. The van der Waals surface area contributed by atoms with Gasteiger partial charge in [-0.05, 0) is 27.0 Å². The van der Waals surface area contributed by atoms with E-state index >= 15 is 0 Å². The normalized spacial score (nSPS) is 21.4. The molecule has 2 heterocycles. The third-order valence-corrected chi connectivity index (χ3v) is 5.84. The van der Waals surface area contributed by atoms with Gasteiger partial charge in [-0.2, -0.15) is 4.31 Å². The van der Waals surface area contributed by atoms with E-state index < -0.39 is 10.0 Å². The molecule has 0 aromatic carbocycles. The second-order valence-corrected chi connectivity index (χ2v) is 7.57. The molecule has 1 aliphatic rings. The van der Waals surface area contributed by atoms with Crippen molar-refractivity contribution >= 4 is 27.4 Å². The zero-order valence-corrected chi connectivity index (χ0v) is 14.1. The summed E-state index contributed by atoms with van der Waals surface area (Å²) in [6.45, 7) is 6.29. The van der Waals surface area contributed by atoms with E-state index in [1.54, 1.807) is 0 Å². The molecule has 0 spiro atoms. The number of pyridine rings is 1. The Hall–Kier alpha value is -0.890. The smallest absolute Gasteiger partial charge is 0.244 e. The summed E-state index contributed by atoms with van der Waals surface area (Å²) in [5.74, 6) is 0.505. The standard InChI is InChI=1S/C13H21ClN4O2S/c1-4-15-13-12(14)7-11(8-16-13)21(19,20)18-6-5-17(3)10(2)9-18/h7-8,10H,4-6,9H2,1-3H3,(H,15,16). The maximum absolute atomic E-state index is 12.6. The van der Waals surface area contributed by atoms with Crippen LogP contribution in [0.5, 0.6) is 0 Å². The lowest BCUT2D eigenvalue weighted by Gasteiger charge is -2.36. The average molecular weight is 333 g/mol. The van der Waals surface area contributed by atoms with E-state index in [-0.39, 0.29) is 10.9 Å². The summed E-state index contributed by atoms with van der Waals surface area (Å²) in [7, 11) is -1.54. The number of likely N-dealkylation sites (N-methyl/N-ethyl adjacent to an activating group) is 1. The van der Waals surface area contributed by atoms with Crippen molar-refractivity contribution in [3.8, 4) is 0 Å². The van der Waals surface area contributed by atoms with Gasteiger partial charge in [-0.1, -0.05) is 11.6 Å². The van der Waals surface area contributed by atoms with Crippen LogP contribution >= 0.6 is 11.6 Å². The van der Waals surface area contributed by atoms with Gasteiger partial charge in [0.1, 0.15) is 10.7 Å². The predicted octanol–water partition coefficient (Wildman–Crippen LogP) is 1.49. The zero-order valence-electron chi connectivity index (χ0n) is 12.5. The largest absolute Gasteiger partial charge is 0.369 e. The molecule has 1 saturated heterocycles. The summed E-state index contributed by atoms with van der Waals surface area (Å²) in [4.78, 5) is 6.39. The lowest BCUT2D eigenvalue weighted by molar-refractivity contribution is 0.159. The summed E-state index contributed by atoms with van der Waals surface area (Å²) in [5.41, 5.74) is 0. The lowest BCUT2D eigenvalue weighted by Crippen LogP contribution is -2.51. The number of nitrogens with one attached hydrogen (secondary N) is 1. The maximum Gasteiger partial charge on any atom is 0.244 e. The van der Waals surface area contributed by atoms with Crippen molar-refractivity contribution in [1.82, 2.24) is 14.2 Å². The molecular formula is C13H21ClN4O2S. The molecule has 1 N–H and O–H groups in total. The first-order valence-electron chi connectivity index (χ1n) is 6.96. The molecule has 0 aliphatic carbocycles. The van der Waals surface area contributed by atoms with E-state index in [1.807, 2.05) is 20.9 Å². The Bertz CT molecular complexity index is 608. The Labute approximate surface area is 131 Å². The molecule has 2 rings (SSSR count). The minimum absolute atomic E-state index is 0.144. The minimum atomic E-state index is -3.54. The Balaban J connectivity index is 2.25. The van der Waals surface area contributed by atoms with Crippen molar-refractivity contribution < 1.29 is 8.42 Å². The van der Waals surface area contributed by atoms with Gasteiger partial charge >= 0.3 is 0 Å². The summed E-state index contributed by atoms with van der Waals surface area (Å²) in [6.07, 6.45) is 1.36. The Morgan fingerprint density at radius 2 is 2.19 bits per heavy atom. The zero-order chi connectivity index (χ0) is 15.6. The first-order chi connectivity index (χ1) is 9.86. The Morgan fingerprint density at radius 3 is 2.76 bits per heavy atom. The Morgan fingerprint density at radius 1 is 1.48 bits per heavy atom. The molecule has 0 saturated carbocycles. The third kappa shape index (κ3) is 3.48. The second-order valence-electron chi connectivity index (χ2n) is 5.22. The highest BCUT2D eigenvalue weighted by molar-refractivity contribution is 7.89. The first-order valence-corrected chi connectivity index (χ1v) is 8.78. The SMILES string of the molecule is CCNc1ncc(S(=O)(=O)N2CCN(C)C(C)C2)cc1Cl. The van der Waals surface area contributed by atoms with Crippen LogP contribution in [0.3, 0.4) is 0 Å². The molecule has 1 aromatic rings. The van der Waals surface area contributed by atoms with E-state index in [1.165, 1.54) is 16.6 Å². The second kappa shape index (κ2) is 6.48. The van der Waals surface area contributed by atoms with Crippen LogP contribution in [0.15, 0.2) is 17.2 Å². The molecule has 8 heteroatoms. The number of aromatic nitrogens is 1. The van der Waals surface area contributed by atoms with Gasteiger partial charge in [-0.3, -0.25) is 0 Å². The molecule has 1 fully saturated rings. The number of anilines is 1. The first kappa shape index (κ1) is 16.5. The van der Waals surface area contributed by atoms with Crippen LogP contribution in [-0.2, 0) is 10.0 Å². The van der Waals surface area contributed by atoms with Gasteiger partial charge in [-0.25, -0.2) is 13.4 Å². The van der Waals surface area contributed by atoms with Crippen molar-refractivity contribution in [2.24, 2.45) is 0 Å². The van der Waals surface area contributed by atoms with Crippen LogP contribution in [0, 0.1) is 0 Å². The van der Waals surface area contributed by atoms with Crippen molar-refractivity contribution in [2.45, 2.75) is 24.8 Å². The van der Waals surface area contributed by atoms with Gasteiger partial charge in [0.25, 0.3) is 0 Å². The van der Waals surface area contributed by atoms with Gasteiger partial charge in [0.15, 0.2) is 0 Å². The quantitative estimate of drug-likeness (QED) is 0.905. The minimum Gasteiger partial charge on any atom is -0.369 e. The number of nitrogens with zero attached hydrogens (tertiary/aromatic N) is 3. The molecule has 1 atom stereocenters. The van der Waals surface area contributed by atoms with E-state index in [0.29, 0.717) is 30.5 Å². The topological polar surface area (TPSA) is 65.5 Å². The van der Waals surface area contributed by atoms with E-state index in [9.17, 15) is 8.42 Å². The highest BCUT2D eigenvalue weighted by Crippen LogP contribution is 2.25. The highest BCUT2D eigenvalue weighted by atomic mass is 35.5. The molecule has 21 heavy (non-hydrogen) atoms. The predicted molar refractivity (Wildman–Crippen MR) is 84.3 cm³/mol. The van der Waals surface area contributed by atoms with Gasteiger partial charge in [0.05, 0.1) is 5.02 Å². The molecule has 1 aromatic heterocycles. The number of rotatable bonds is 4. The maximum atomic E-state index is 12.6. The van der Waals surface area contributed by atoms with Gasteiger partial charge in [0, 0.05) is 38.4 Å². The monoisotopic (exact) mass is 332 g/mol. The summed E-state index contributed by atoms with van der Waals surface area (Å²) >= 11 is 6.09. The molecule has 1 unspecified atom stereocenters. The molecule has 0 amide bonds. The van der Waals surface area contributed by atoms with Crippen LogP contribution < -0.4 is 5.32 Å². The van der Waals surface area contributed by atoms with E-state index in [2.05, 4.69) is 15.2 Å². The fourth-order valence-corrected chi connectivity index (χ4v) is 4.02. The molecule has 118 valence electrons. The van der Waals surface area contributed by atoms with Crippen molar-refractivity contribution in [2.75, 3.05) is 38.5 Å². The summed E-state index contributed by atoms with van der Waals surface area (Å²) < 4.78 is 26.8. The van der Waals surface area contributed by atoms with Crippen molar-refractivity contribution in [3.63, 3.8) is 0 Å². The van der Waals surface area contributed by atoms with E-state index in [4.69, 9.17) is 11.6 Å². The number of piperazine rings is 1.